The van der Waals surface area contributed by atoms with Gasteiger partial charge in [0.1, 0.15) is 5.75 Å². The highest BCUT2D eigenvalue weighted by atomic mass is 16.5. The van der Waals surface area contributed by atoms with E-state index < -0.39 is 0 Å². The highest BCUT2D eigenvalue weighted by Crippen LogP contribution is 2.24. The highest BCUT2D eigenvalue weighted by molar-refractivity contribution is 5.92. The Bertz CT molecular complexity index is 677. The largest absolute Gasteiger partial charge is 0.496 e. The molecule has 0 aromatic heterocycles. The summed E-state index contributed by atoms with van der Waals surface area (Å²) < 4.78 is 5.28. The summed E-state index contributed by atoms with van der Waals surface area (Å²) in [7, 11) is 1.66. The molecule has 2 aromatic carbocycles. The number of methoxy groups -OCH3 is 1. The van der Waals surface area contributed by atoms with Gasteiger partial charge in [-0.3, -0.25) is 4.79 Å². The SMILES string of the molecule is CCC(NC(=O)/C=C/c1ccccc1)c1ccc(OC)c(C)c1. The van der Waals surface area contributed by atoms with Gasteiger partial charge in [0.15, 0.2) is 0 Å². The smallest absolute Gasteiger partial charge is 0.244 e. The third kappa shape index (κ3) is 4.71. The van der Waals surface area contributed by atoms with Crippen LogP contribution in [0, 0.1) is 6.92 Å². The number of benzene rings is 2. The number of carbonyl (C=O) groups is 1. The molecule has 3 heteroatoms. The number of aryl methyl sites for hydroxylation is 1. The maximum absolute atomic E-state index is 12.1. The molecule has 2 aromatic rings. The molecule has 1 unspecified atom stereocenters. The van der Waals surface area contributed by atoms with E-state index in [-0.39, 0.29) is 11.9 Å². The maximum Gasteiger partial charge on any atom is 0.244 e. The van der Waals surface area contributed by atoms with Crippen molar-refractivity contribution in [1.29, 1.82) is 0 Å². The zero-order chi connectivity index (χ0) is 16.7. The van der Waals surface area contributed by atoms with Gasteiger partial charge in [0, 0.05) is 6.08 Å². The van der Waals surface area contributed by atoms with E-state index in [1.54, 1.807) is 13.2 Å². The summed E-state index contributed by atoms with van der Waals surface area (Å²) in [5, 5.41) is 3.05. The van der Waals surface area contributed by atoms with Gasteiger partial charge in [0.25, 0.3) is 0 Å². The molecule has 0 spiro atoms. The van der Waals surface area contributed by atoms with E-state index in [9.17, 15) is 4.79 Å². The fourth-order valence-electron chi connectivity index (χ4n) is 2.50. The summed E-state index contributed by atoms with van der Waals surface area (Å²) in [6.07, 6.45) is 4.23. The van der Waals surface area contributed by atoms with Gasteiger partial charge in [-0.05, 0) is 42.2 Å². The Morgan fingerprint density at radius 1 is 1.22 bits per heavy atom. The van der Waals surface area contributed by atoms with E-state index in [1.165, 1.54) is 0 Å². The van der Waals surface area contributed by atoms with Crippen molar-refractivity contribution in [1.82, 2.24) is 5.32 Å². The normalized spacial score (nSPS) is 12.1. The molecule has 0 heterocycles. The molecule has 2 rings (SSSR count). The van der Waals surface area contributed by atoms with E-state index in [1.807, 2.05) is 55.5 Å². The van der Waals surface area contributed by atoms with Crippen LogP contribution in [-0.4, -0.2) is 13.0 Å². The van der Waals surface area contributed by atoms with Crippen LogP contribution in [0.15, 0.2) is 54.6 Å². The summed E-state index contributed by atoms with van der Waals surface area (Å²) in [4.78, 5) is 12.1. The predicted molar refractivity (Wildman–Crippen MR) is 94.4 cm³/mol. The second-order valence-corrected chi connectivity index (χ2v) is 5.44. The van der Waals surface area contributed by atoms with E-state index in [0.29, 0.717) is 0 Å². The van der Waals surface area contributed by atoms with Crippen LogP contribution in [0.1, 0.15) is 36.1 Å². The first-order chi connectivity index (χ1) is 11.1. The highest BCUT2D eigenvalue weighted by Gasteiger charge is 2.12. The van der Waals surface area contributed by atoms with Gasteiger partial charge < -0.3 is 10.1 Å². The average molecular weight is 309 g/mol. The Morgan fingerprint density at radius 3 is 2.57 bits per heavy atom. The third-order valence-corrected chi connectivity index (χ3v) is 3.77. The molecule has 1 N–H and O–H groups in total. The van der Waals surface area contributed by atoms with Crippen molar-refractivity contribution in [2.45, 2.75) is 26.3 Å². The number of ether oxygens (including phenoxy) is 1. The van der Waals surface area contributed by atoms with Gasteiger partial charge in [0.2, 0.25) is 5.91 Å². The first-order valence-corrected chi connectivity index (χ1v) is 7.82. The van der Waals surface area contributed by atoms with Crippen molar-refractivity contribution in [3.63, 3.8) is 0 Å². The molecule has 3 nitrogen and oxygen atoms in total. The van der Waals surface area contributed by atoms with Crippen molar-refractivity contribution < 1.29 is 9.53 Å². The monoisotopic (exact) mass is 309 g/mol. The zero-order valence-electron chi connectivity index (χ0n) is 13.9. The zero-order valence-corrected chi connectivity index (χ0v) is 13.9. The standard InChI is InChI=1S/C20H23NO2/c1-4-18(17-11-12-19(23-3)15(2)14-17)21-20(22)13-10-16-8-6-5-7-9-16/h5-14,18H,4H2,1-3H3,(H,21,22)/b13-10+. The van der Waals surface area contributed by atoms with Crippen LogP contribution in [0.2, 0.25) is 0 Å². The molecule has 23 heavy (non-hydrogen) atoms. The lowest BCUT2D eigenvalue weighted by Crippen LogP contribution is -2.26. The van der Waals surface area contributed by atoms with Crippen LogP contribution in [0.25, 0.3) is 6.08 Å². The van der Waals surface area contributed by atoms with Gasteiger partial charge in [-0.2, -0.15) is 0 Å². The van der Waals surface area contributed by atoms with Crippen molar-refractivity contribution in [2.75, 3.05) is 7.11 Å². The molecular formula is C20H23NO2. The molecule has 0 bridgehead atoms. The molecule has 0 aliphatic rings. The predicted octanol–water partition coefficient (Wildman–Crippen LogP) is 4.28. The number of amides is 1. The Labute approximate surface area is 138 Å². The van der Waals surface area contributed by atoms with Crippen molar-refractivity contribution in [2.24, 2.45) is 0 Å². The molecule has 0 aliphatic heterocycles. The fraction of sp³-hybridized carbons (Fsp3) is 0.250. The summed E-state index contributed by atoms with van der Waals surface area (Å²) in [5.41, 5.74) is 3.17. The molecule has 0 saturated carbocycles. The molecular weight excluding hydrogens is 286 g/mol. The minimum atomic E-state index is -0.0887. The quantitative estimate of drug-likeness (QED) is 0.809. The number of nitrogens with one attached hydrogen (secondary N) is 1. The molecule has 120 valence electrons. The van der Waals surface area contributed by atoms with E-state index >= 15 is 0 Å². The van der Waals surface area contributed by atoms with Gasteiger partial charge in [-0.1, -0.05) is 49.4 Å². The minimum absolute atomic E-state index is 0.00692. The number of carbonyl (C=O) groups excluding carboxylic acids is 1. The second-order valence-electron chi connectivity index (χ2n) is 5.44. The molecule has 0 fully saturated rings. The van der Waals surface area contributed by atoms with Crippen molar-refractivity contribution in [3.8, 4) is 5.75 Å². The van der Waals surface area contributed by atoms with E-state index in [0.717, 1.165) is 28.9 Å². The van der Waals surface area contributed by atoms with Crippen molar-refractivity contribution >= 4 is 12.0 Å². The lowest BCUT2D eigenvalue weighted by molar-refractivity contribution is -0.117. The second kappa shape index (κ2) is 8.18. The topological polar surface area (TPSA) is 38.3 Å². The number of hydrogen-bond acceptors (Lipinski definition) is 2. The summed E-state index contributed by atoms with van der Waals surface area (Å²) >= 11 is 0. The first kappa shape index (κ1) is 16.8. The van der Waals surface area contributed by atoms with E-state index in [2.05, 4.69) is 18.3 Å². The maximum atomic E-state index is 12.1. The number of hydrogen-bond donors (Lipinski definition) is 1. The van der Waals surface area contributed by atoms with Crippen LogP contribution in [-0.2, 0) is 4.79 Å². The van der Waals surface area contributed by atoms with E-state index in [4.69, 9.17) is 4.74 Å². The minimum Gasteiger partial charge on any atom is -0.496 e. The lowest BCUT2D eigenvalue weighted by atomic mass is 10.0. The summed E-state index contributed by atoms with van der Waals surface area (Å²) in [6, 6.07) is 15.8. The van der Waals surface area contributed by atoms with Crippen LogP contribution >= 0.6 is 0 Å². The van der Waals surface area contributed by atoms with Crippen LogP contribution in [0.5, 0.6) is 5.75 Å². The fourth-order valence-corrected chi connectivity index (χ4v) is 2.50. The number of rotatable bonds is 6. The Balaban J connectivity index is 2.05. The Kier molecular flexibility index (Phi) is 5.98. The van der Waals surface area contributed by atoms with Crippen molar-refractivity contribution in [3.05, 3.63) is 71.3 Å². The third-order valence-electron chi connectivity index (χ3n) is 3.77. The average Bonchev–Trinajstić information content (AvgIpc) is 2.58. The Morgan fingerprint density at radius 2 is 1.96 bits per heavy atom. The molecule has 1 atom stereocenters. The first-order valence-electron chi connectivity index (χ1n) is 7.82. The lowest BCUT2D eigenvalue weighted by Gasteiger charge is -2.18. The van der Waals surface area contributed by atoms with Gasteiger partial charge in [-0.25, -0.2) is 0 Å². The van der Waals surface area contributed by atoms with Crippen LogP contribution in [0.3, 0.4) is 0 Å². The molecule has 0 aliphatic carbocycles. The Hall–Kier alpha value is -2.55. The summed E-state index contributed by atoms with van der Waals surface area (Å²) in [6.45, 7) is 4.07. The van der Waals surface area contributed by atoms with Crippen LogP contribution in [0.4, 0.5) is 0 Å². The van der Waals surface area contributed by atoms with Gasteiger partial charge in [0.05, 0.1) is 13.2 Å². The summed E-state index contributed by atoms with van der Waals surface area (Å²) in [5.74, 6) is 0.771. The molecule has 0 radical (unpaired) electrons. The van der Waals surface area contributed by atoms with Crippen LogP contribution < -0.4 is 10.1 Å². The molecule has 0 saturated heterocycles. The van der Waals surface area contributed by atoms with Gasteiger partial charge in [-0.15, -0.1) is 0 Å². The molecule has 1 amide bonds. The van der Waals surface area contributed by atoms with Gasteiger partial charge >= 0.3 is 0 Å².